The predicted molar refractivity (Wildman–Crippen MR) is 82.3 cm³/mol. The molecule has 1 saturated carbocycles. The van der Waals surface area contributed by atoms with Crippen LogP contribution in [0.2, 0.25) is 0 Å². The summed E-state index contributed by atoms with van der Waals surface area (Å²) in [5.74, 6) is 0. The van der Waals surface area contributed by atoms with Gasteiger partial charge in [-0.1, -0.05) is 19.3 Å². The van der Waals surface area contributed by atoms with E-state index in [1.807, 2.05) is 6.20 Å². The fourth-order valence-corrected chi connectivity index (χ4v) is 2.86. The van der Waals surface area contributed by atoms with E-state index in [9.17, 15) is 0 Å². The van der Waals surface area contributed by atoms with Crippen LogP contribution in [0.15, 0.2) is 6.20 Å². The number of aryl methyl sites for hydroxylation is 2. The summed E-state index contributed by atoms with van der Waals surface area (Å²) in [7, 11) is 0. The number of aromatic amines is 1. The Morgan fingerprint density at radius 1 is 1.42 bits per heavy atom. The topological polar surface area (TPSA) is 52.7 Å². The van der Waals surface area contributed by atoms with Gasteiger partial charge in [0.05, 0.1) is 6.20 Å². The lowest BCUT2D eigenvalue weighted by Gasteiger charge is -2.24. The fourth-order valence-electron chi connectivity index (χ4n) is 2.59. The van der Waals surface area contributed by atoms with Crippen molar-refractivity contribution in [3.63, 3.8) is 0 Å². The summed E-state index contributed by atoms with van der Waals surface area (Å²) in [5.41, 5.74) is 2.47. The molecule has 5 heteroatoms. The smallest absolute Gasteiger partial charge is 0.166 e. The van der Waals surface area contributed by atoms with Gasteiger partial charge < -0.3 is 10.6 Å². The minimum absolute atomic E-state index is 0.588. The van der Waals surface area contributed by atoms with Gasteiger partial charge in [0.1, 0.15) is 0 Å². The van der Waals surface area contributed by atoms with Crippen molar-refractivity contribution in [2.75, 3.05) is 6.54 Å². The zero-order valence-electron chi connectivity index (χ0n) is 11.7. The molecule has 2 rings (SSSR count). The van der Waals surface area contributed by atoms with E-state index in [1.165, 1.54) is 43.4 Å². The average Bonchev–Trinajstić information content (AvgIpc) is 2.81. The first-order chi connectivity index (χ1) is 9.25. The second kappa shape index (κ2) is 7.48. The first-order valence-corrected chi connectivity index (χ1v) is 7.70. The van der Waals surface area contributed by atoms with Crippen LogP contribution >= 0.6 is 12.2 Å². The Labute approximate surface area is 120 Å². The van der Waals surface area contributed by atoms with Crippen molar-refractivity contribution >= 4 is 17.3 Å². The molecule has 0 aliphatic heterocycles. The summed E-state index contributed by atoms with van der Waals surface area (Å²) >= 11 is 5.33. The first kappa shape index (κ1) is 14.3. The largest absolute Gasteiger partial charge is 0.363 e. The van der Waals surface area contributed by atoms with Gasteiger partial charge in [-0.2, -0.15) is 5.10 Å². The van der Waals surface area contributed by atoms with Crippen LogP contribution in [0.5, 0.6) is 0 Å². The number of nitrogens with zero attached hydrogens (tertiary/aromatic N) is 1. The fraction of sp³-hybridized carbons (Fsp3) is 0.714. The Bertz CT molecular complexity index is 396. The van der Waals surface area contributed by atoms with E-state index in [0.29, 0.717) is 6.04 Å². The third kappa shape index (κ3) is 4.82. The molecule has 0 amide bonds. The van der Waals surface area contributed by atoms with Gasteiger partial charge in [-0.05, 0) is 50.4 Å². The second-order valence-electron chi connectivity index (χ2n) is 5.36. The van der Waals surface area contributed by atoms with Gasteiger partial charge in [0.15, 0.2) is 5.11 Å². The molecule has 1 aromatic rings. The van der Waals surface area contributed by atoms with E-state index >= 15 is 0 Å². The maximum atomic E-state index is 5.33. The molecular formula is C14H24N4S. The lowest BCUT2D eigenvalue weighted by atomic mass is 9.96. The van der Waals surface area contributed by atoms with Crippen molar-refractivity contribution in [2.24, 2.45) is 0 Å². The Morgan fingerprint density at radius 3 is 2.89 bits per heavy atom. The lowest BCUT2D eigenvalue weighted by molar-refractivity contribution is 0.412. The molecule has 4 nitrogen and oxygen atoms in total. The highest BCUT2D eigenvalue weighted by Gasteiger charge is 2.13. The summed E-state index contributed by atoms with van der Waals surface area (Å²) in [6.07, 6.45) is 10.6. The first-order valence-electron chi connectivity index (χ1n) is 7.29. The summed E-state index contributed by atoms with van der Waals surface area (Å²) in [4.78, 5) is 0. The number of rotatable bonds is 5. The molecule has 1 aliphatic rings. The van der Waals surface area contributed by atoms with Crippen LogP contribution in [0.25, 0.3) is 0 Å². The molecule has 1 fully saturated rings. The van der Waals surface area contributed by atoms with Crippen LogP contribution in [-0.2, 0) is 6.42 Å². The van der Waals surface area contributed by atoms with Crippen molar-refractivity contribution in [1.29, 1.82) is 0 Å². The van der Waals surface area contributed by atoms with E-state index in [-0.39, 0.29) is 0 Å². The SMILES string of the molecule is Cc1[nH]ncc1CCCNC(=S)NC1CCCCC1. The minimum Gasteiger partial charge on any atom is -0.363 e. The number of H-pyrrole nitrogens is 1. The summed E-state index contributed by atoms with van der Waals surface area (Å²) in [6.45, 7) is 2.98. The Hall–Kier alpha value is -1.10. The van der Waals surface area contributed by atoms with E-state index in [0.717, 1.165) is 24.5 Å². The highest BCUT2D eigenvalue weighted by molar-refractivity contribution is 7.80. The highest BCUT2D eigenvalue weighted by atomic mass is 32.1. The Kier molecular flexibility index (Phi) is 5.63. The van der Waals surface area contributed by atoms with E-state index in [4.69, 9.17) is 12.2 Å². The highest BCUT2D eigenvalue weighted by Crippen LogP contribution is 2.17. The van der Waals surface area contributed by atoms with Crippen LogP contribution in [-0.4, -0.2) is 27.9 Å². The lowest BCUT2D eigenvalue weighted by Crippen LogP contribution is -2.43. The average molecular weight is 280 g/mol. The van der Waals surface area contributed by atoms with Crippen LogP contribution < -0.4 is 10.6 Å². The molecule has 0 spiro atoms. The van der Waals surface area contributed by atoms with E-state index in [2.05, 4.69) is 27.8 Å². The van der Waals surface area contributed by atoms with Gasteiger partial charge in [0, 0.05) is 18.3 Å². The zero-order valence-corrected chi connectivity index (χ0v) is 12.5. The van der Waals surface area contributed by atoms with Gasteiger partial charge in [-0.25, -0.2) is 0 Å². The normalized spacial score (nSPS) is 16.3. The van der Waals surface area contributed by atoms with Crippen LogP contribution in [0.4, 0.5) is 0 Å². The molecular weight excluding hydrogens is 256 g/mol. The predicted octanol–water partition coefficient (Wildman–Crippen LogP) is 2.45. The second-order valence-corrected chi connectivity index (χ2v) is 5.77. The quantitative estimate of drug-likeness (QED) is 0.573. The molecule has 0 radical (unpaired) electrons. The number of nitrogens with one attached hydrogen (secondary N) is 3. The van der Waals surface area contributed by atoms with Gasteiger partial charge in [0.2, 0.25) is 0 Å². The standard InChI is InChI=1S/C14H24N4S/c1-11-12(10-16-18-11)6-5-9-15-14(19)17-13-7-3-2-4-8-13/h10,13H,2-9H2,1H3,(H,16,18)(H2,15,17,19). The molecule has 0 unspecified atom stereocenters. The van der Waals surface area contributed by atoms with Crippen LogP contribution in [0.3, 0.4) is 0 Å². The zero-order chi connectivity index (χ0) is 13.5. The van der Waals surface area contributed by atoms with Crippen molar-refractivity contribution in [1.82, 2.24) is 20.8 Å². The third-order valence-electron chi connectivity index (χ3n) is 3.78. The molecule has 3 N–H and O–H groups in total. The van der Waals surface area contributed by atoms with Crippen molar-refractivity contribution in [3.05, 3.63) is 17.5 Å². The third-order valence-corrected chi connectivity index (χ3v) is 4.05. The summed E-state index contributed by atoms with van der Waals surface area (Å²) in [5, 5.41) is 14.5. The van der Waals surface area contributed by atoms with Crippen LogP contribution in [0.1, 0.15) is 49.8 Å². The van der Waals surface area contributed by atoms with Crippen molar-refractivity contribution < 1.29 is 0 Å². The Morgan fingerprint density at radius 2 is 2.21 bits per heavy atom. The molecule has 1 aliphatic carbocycles. The van der Waals surface area contributed by atoms with Crippen molar-refractivity contribution in [3.8, 4) is 0 Å². The van der Waals surface area contributed by atoms with Crippen molar-refractivity contribution in [2.45, 2.75) is 57.9 Å². The maximum absolute atomic E-state index is 5.33. The minimum atomic E-state index is 0.588. The number of thiocarbonyl (C=S) groups is 1. The molecule has 0 atom stereocenters. The van der Waals surface area contributed by atoms with Crippen LogP contribution in [0, 0.1) is 6.92 Å². The molecule has 1 heterocycles. The molecule has 19 heavy (non-hydrogen) atoms. The van der Waals surface area contributed by atoms with Gasteiger partial charge >= 0.3 is 0 Å². The van der Waals surface area contributed by atoms with E-state index < -0.39 is 0 Å². The van der Waals surface area contributed by atoms with Gasteiger partial charge in [-0.3, -0.25) is 5.10 Å². The van der Waals surface area contributed by atoms with Gasteiger partial charge in [-0.15, -0.1) is 0 Å². The monoisotopic (exact) mass is 280 g/mol. The van der Waals surface area contributed by atoms with Gasteiger partial charge in [0.25, 0.3) is 0 Å². The molecule has 106 valence electrons. The maximum Gasteiger partial charge on any atom is 0.166 e. The molecule has 0 bridgehead atoms. The Balaban J connectivity index is 1.57. The number of hydrogen-bond donors (Lipinski definition) is 3. The molecule has 0 saturated heterocycles. The summed E-state index contributed by atoms with van der Waals surface area (Å²) in [6, 6.07) is 0.588. The molecule has 0 aromatic carbocycles. The molecule has 1 aromatic heterocycles. The van der Waals surface area contributed by atoms with E-state index in [1.54, 1.807) is 0 Å². The number of hydrogen-bond acceptors (Lipinski definition) is 2. The number of aromatic nitrogens is 2. The summed E-state index contributed by atoms with van der Waals surface area (Å²) < 4.78 is 0.